The average molecular weight is 408 g/mol. The highest BCUT2D eigenvalue weighted by molar-refractivity contribution is 9.10. The van der Waals surface area contributed by atoms with Gasteiger partial charge in [0, 0.05) is 20.9 Å². The van der Waals surface area contributed by atoms with Crippen LogP contribution >= 0.6 is 31.9 Å². The van der Waals surface area contributed by atoms with Gasteiger partial charge in [-0.1, -0.05) is 62.2 Å². The summed E-state index contributed by atoms with van der Waals surface area (Å²) in [5.41, 5.74) is 2.11. The van der Waals surface area contributed by atoms with Crippen molar-refractivity contribution in [3.63, 3.8) is 0 Å². The first-order valence-electron chi connectivity index (χ1n) is 6.53. The van der Waals surface area contributed by atoms with Gasteiger partial charge in [0.1, 0.15) is 6.10 Å². The Morgan fingerprint density at radius 3 is 1.90 bits per heavy atom. The van der Waals surface area contributed by atoms with E-state index >= 15 is 0 Å². The highest BCUT2D eigenvalue weighted by Crippen LogP contribution is 2.38. The minimum absolute atomic E-state index is 0.0250. The Labute approximate surface area is 140 Å². The molecule has 0 unspecified atom stereocenters. The van der Waals surface area contributed by atoms with E-state index in [0.29, 0.717) is 0 Å². The van der Waals surface area contributed by atoms with Crippen molar-refractivity contribution in [1.82, 2.24) is 0 Å². The van der Waals surface area contributed by atoms with Crippen LogP contribution in [0.1, 0.15) is 23.1 Å². The number of ether oxygens (including phenoxy) is 1. The summed E-state index contributed by atoms with van der Waals surface area (Å²) in [7, 11) is 0. The third-order valence-corrected chi connectivity index (χ3v) is 4.52. The standard InChI is InChI=1S/C17H12Br2O2/c18-13-5-1-11(2-6-13)15-9-10-16(20)21-17(15)12-3-7-14(19)8-4-12/h1-10,15,17H/t15-,17-/m1/s1. The average Bonchev–Trinajstić information content (AvgIpc) is 2.49. The van der Waals surface area contributed by atoms with Gasteiger partial charge in [-0.3, -0.25) is 0 Å². The maximum atomic E-state index is 11.6. The van der Waals surface area contributed by atoms with Gasteiger partial charge in [-0.05, 0) is 35.4 Å². The molecule has 2 aromatic rings. The van der Waals surface area contributed by atoms with Crippen molar-refractivity contribution in [3.05, 3.63) is 80.8 Å². The Balaban J connectivity index is 1.99. The van der Waals surface area contributed by atoms with Gasteiger partial charge in [0.25, 0.3) is 0 Å². The lowest BCUT2D eigenvalue weighted by Gasteiger charge is -2.28. The molecule has 1 aliphatic heterocycles. The number of esters is 1. The van der Waals surface area contributed by atoms with Crippen LogP contribution in [0, 0.1) is 0 Å². The molecular weight excluding hydrogens is 396 g/mol. The van der Waals surface area contributed by atoms with Crippen LogP contribution in [0.25, 0.3) is 0 Å². The zero-order valence-corrected chi connectivity index (χ0v) is 14.2. The first kappa shape index (κ1) is 14.5. The smallest absolute Gasteiger partial charge is 0.331 e. The second kappa shape index (κ2) is 6.16. The number of benzene rings is 2. The van der Waals surface area contributed by atoms with Gasteiger partial charge in [-0.25, -0.2) is 4.79 Å². The van der Waals surface area contributed by atoms with E-state index in [4.69, 9.17) is 4.74 Å². The number of carbonyl (C=O) groups excluding carboxylic acids is 1. The molecule has 3 rings (SSSR count). The molecule has 0 saturated carbocycles. The molecule has 0 aromatic heterocycles. The summed E-state index contributed by atoms with van der Waals surface area (Å²) in [6, 6.07) is 16.0. The summed E-state index contributed by atoms with van der Waals surface area (Å²) in [6.07, 6.45) is 3.13. The molecule has 0 spiro atoms. The van der Waals surface area contributed by atoms with Crippen LogP contribution in [-0.4, -0.2) is 5.97 Å². The molecule has 0 bridgehead atoms. The van der Waals surface area contributed by atoms with Crippen LogP contribution in [0.4, 0.5) is 0 Å². The summed E-state index contributed by atoms with van der Waals surface area (Å²) in [6.45, 7) is 0. The van der Waals surface area contributed by atoms with Gasteiger partial charge in [-0.2, -0.15) is 0 Å². The van der Waals surface area contributed by atoms with Crippen LogP contribution in [0.2, 0.25) is 0 Å². The molecular formula is C17H12Br2O2. The van der Waals surface area contributed by atoms with Crippen LogP contribution in [0.3, 0.4) is 0 Å². The minimum Gasteiger partial charge on any atom is -0.453 e. The lowest BCUT2D eigenvalue weighted by atomic mass is 9.87. The van der Waals surface area contributed by atoms with E-state index < -0.39 is 0 Å². The normalized spacial score (nSPS) is 21.1. The molecule has 2 atom stereocenters. The van der Waals surface area contributed by atoms with Crippen LogP contribution in [0.5, 0.6) is 0 Å². The highest BCUT2D eigenvalue weighted by Gasteiger charge is 2.29. The maximum Gasteiger partial charge on any atom is 0.331 e. The number of carbonyl (C=O) groups is 1. The third kappa shape index (κ3) is 3.27. The predicted molar refractivity (Wildman–Crippen MR) is 89.0 cm³/mol. The molecule has 2 aromatic carbocycles. The Morgan fingerprint density at radius 2 is 1.33 bits per heavy atom. The largest absolute Gasteiger partial charge is 0.453 e. The molecule has 0 saturated heterocycles. The predicted octanol–water partition coefficient (Wildman–Crippen LogP) is 5.15. The summed E-state index contributed by atoms with van der Waals surface area (Å²) in [4.78, 5) is 11.6. The van der Waals surface area contributed by atoms with Gasteiger partial charge >= 0.3 is 5.97 Å². The molecule has 1 heterocycles. The zero-order valence-electron chi connectivity index (χ0n) is 11.0. The van der Waals surface area contributed by atoms with Crippen molar-refractivity contribution >= 4 is 37.8 Å². The number of halogens is 2. The minimum atomic E-state index is -0.295. The summed E-state index contributed by atoms with van der Waals surface area (Å²) in [5, 5.41) is 0. The van der Waals surface area contributed by atoms with E-state index in [9.17, 15) is 4.79 Å². The molecule has 106 valence electrons. The molecule has 0 amide bonds. The second-order valence-electron chi connectivity index (χ2n) is 4.85. The fraction of sp³-hybridized carbons (Fsp3) is 0.118. The lowest BCUT2D eigenvalue weighted by Crippen LogP contribution is -2.20. The summed E-state index contributed by atoms with van der Waals surface area (Å²) >= 11 is 6.86. The summed E-state index contributed by atoms with van der Waals surface area (Å²) in [5.74, 6) is -0.270. The van der Waals surface area contributed by atoms with E-state index in [0.717, 1.165) is 20.1 Å². The second-order valence-corrected chi connectivity index (χ2v) is 6.68. The van der Waals surface area contributed by atoms with Gasteiger partial charge in [0.05, 0.1) is 0 Å². The van der Waals surface area contributed by atoms with Crippen LogP contribution < -0.4 is 0 Å². The third-order valence-electron chi connectivity index (χ3n) is 3.46. The fourth-order valence-corrected chi connectivity index (χ4v) is 2.95. The molecule has 0 N–H and O–H groups in total. The monoisotopic (exact) mass is 406 g/mol. The van der Waals surface area contributed by atoms with Crippen LogP contribution in [-0.2, 0) is 9.53 Å². The van der Waals surface area contributed by atoms with E-state index in [-0.39, 0.29) is 18.0 Å². The number of rotatable bonds is 2. The van der Waals surface area contributed by atoms with Gasteiger partial charge in [0.15, 0.2) is 0 Å². The van der Waals surface area contributed by atoms with Gasteiger partial charge in [-0.15, -0.1) is 0 Å². The number of hydrogen-bond donors (Lipinski definition) is 0. The first-order valence-corrected chi connectivity index (χ1v) is 8.12. The van der Waals surface area contributed by atoms with Crippen molar-refractivity contribution in [2.45, 2.75) is 12.0 Å². The molecule has 4 heteroatoms. The van der Waals surface area contributed by atoms with Crippen LogP contribution in [0.15, 0.2) is 69.6 Å². The maximum absolute atomic E-state index is 11.6. The van der Waals surface area contributed by atoms with E-state index in [1.54, 1.807) is 0 Å². The Hall–Kier alpha value is -1.39. The van der Waals surface area contributed by atoms with Crippen molar-refractivity contribution in [3.8, 4) is 0 Å². The Bertz CT molecular complexity index is 675. The number of cyclic esters (lactones) is 1. The van der Waals surface area contributed by atoms with Crippen molar-refractivity contribution in [2.75, 3.05) is 0 Å². The van der Waals surface area contributed by atoms with E-state index in [2.05, 4.69) is 31.9 Å². The number of hydrogen-bond acceptors (Lipinski definition) is 2. The molecule has 0 radical (unpaired) electrons. The van der Waals surface area contributed by atoms with Gasteiger partial charge in [0.2, 0.25) is 0 Å². The Morgan fingerprint density at radius 1 is 0.810 bits per heavy atom. The fourth-order valence-electron chi connectivity index (χ4n) is 2.42. The first-order chi connectivity index (χ1) is 10.1. The molecule has 1 aliphatic rings. The van der Waals surface area contributed by atoms with Gasteiger partial charge < -0.3 is 4.74 Å². The SMILES string of the molecule is O=C1C=C[C@H](c2ccc(Br)cc2)[C@@H](c2ccc(Br)cc2)O1. The van der Waals surface area contributed by atoms with E-state index in [1.807, 2.05) is 54.6 Å². The lowest BCUT2D eigenvalue weighted by molar-refractivity contribution is -0.145. The quantitative estimate of drug-likeness (QED) is 0.643. The Kier molecular flexibility index (Phi) is 4.27. The van der Waals surface area contributed by atoms with E-state index in [1.165, 1.54) is 6.08 Å². The molecule has 0 fully saturated rings. The molecule has 0 aliphatic carbocycles. The molecule has 2 nitrogen and oxygen atoms in total. The van der Waals surface area contributed by atoms with Crippen molar-refractivity contribution in [1.29, 1.82) is 0 Å². The molecule has 21 heavy (non-hydrogen) atoms. The highest BCUT2D eigenvalue weighted by atomic mass is 79.9. The summed E-state index contributed by atoms with van der Waals surface area (Å²) < 4.78 is 7.59. The van der Waals surface area contributed by atoms with Crippen molar-refractivity contribution < 1.29 is 9.53 Å². The topological polar surface area (TPSA) is 26.3 Å². The van der Waals surface area contributed by atoms with Crippen molar-refractivity contribution in [2.24, 2.45) is 0 Å². The zero-order chi connectivity index (χ0) is 14.8.